The number of aromatic hydroxyl groups is 1. The Hall–Kier alpha value is -2.35. The summed E-state index contributed by atoms with van der Waals surface area (Å²) in [6.07, 6.45) is 0. The number of nitrogens with two attached hydrogens (primary N) is 1. The third kappa shape index (κ3) is 9.05. The van der Waals surface area contributed by atoms with Crippen LogP contribution in [0, 0.1) is 0 Å². The number of phenolic OH excluding ortho intramolecular Hbond substituents is 1. The summed E-state index contributed by atoms with van der Waals surface area (Å²) >= 11 is 18.2. The quantitative estimate of drug-likeness (QED) is 0.102. The van der Waals surface area contributed by atoms with Crippen molar-refractivity contribution in [1.29, 1.82) is 0 Å². The third-order valence-corrected chi connectivity index (χ3v) is 8.66. The Morgan fingerprint density at radius 2 is 1.21 bits per heavy atom. The molecule has 5 aromatic carbocycles. The third-order valence-electron chi connectivity index (χ3n) is 6.17. The van der Waals surface area contributed by atoms with E-state index >= 15 is 0 Å². The van der Waals surface area contributed by atoms with Crippen molar-refractivity contribution in [2.75, 3.05) is 5.73 Å². The molecular weight excluding hydrogens is 751 g/mol. The average Bonchev–Trinajstić information content (AvgIpc) is 2.98. The van der Waals surface area contributed by atoms with Crippen molar-refractivity contribution in [1.82, 2.24) is 0 Å². The summed E-state index contributed by atoms with van der Waals surface area (Å²) in [5.41, 5.74) is 3.94. The number of nitrogen functional groups attached to an aromatic ring is 1. The fraction of sp³-hybridized carbons (Fsp3) is 0. The minimum atomic E-state index is -5.40. The maximum absolute atomic E-state index is 12.3. The molecule has 0 saturated heterocycles. The van der Waals surface area contributed by atoms with Crippen LogP contribution < -0.4 is 69.6 Å². The Balaban J connectivity index is 0.00000312. The van der Waals surface area contributed by atoms with Gasteiger partial charge in [-0.3, -0.25) is 0 Å². The Morgan fingerprint density at radius 3 is 1.81 bits per heavy atom. The SMILES string of the molecule is Nc1c(N=Nc2cc(Cl)ccc2Cl)c(S(=O)(=O)[O-])cc2cc(S(=O)(=O)[O-])c(N=Nc3cc(Cl)ccc3Oc3ccccc3)c(O)c12.[Na+].[Na+]. The van der Waals surface area contributed by atoms with Gasteiger partial charge in [0.25, 0.3) is 0 Å². The minimum absolute atomic E-state index is 0. The summed E-state index contributed by atoms with van der Waals surface area (Å²) < 4.78 is 79.3. The van der Waals surface area contributed by atoms with Crippen molar-refractivity contribution in [3.63, 3.8) is 0 Å². The minimum Gasteiger partial charge on any atom is -0.744 e. The summed E-state index contributed by atoms with van der Waals surface area (Å²) in [5.74, 6) is -0.471. The first kappa shape index (κ1) is 40.1. The molecule has 0 aliphatic rings. The van der Waals surface area contributed by atoms with E-state index in [0.29, 0.717) is 17.9 Å². The van der Waals surface area contributed by atoms with Crippen LogP contribution >= 0.6 is 34.8 Å². The maximum atomic E-state index is 12.3. The smallest absolute Gasteiger partial charge is 0.744 e. The van der Waals surface area contributed by atoms with Gasteiger partial charge in [-0.25, -0.2) is 16.8 Å². The number of rotatable bonds is 8. The van der Waals surface area contributed by atoms with Crippen LogP contribution in [0.2, 0.25) is 15.1 Å². The van der Waals surface area contributed by atoms with Gasteiger partial charge in [-0.1, -0.05) is 53.0 Å². The van der Waals surface area contributed by atoms with Crippen LogP contribution in [-0.4, -0.2) is 31.0 Å². The molecule has 0 aliphatic carbocycles. The molecule has 5 aromatic rings. The number of azo groups is 2. The topological polar surface area (TPSA) is 219 Å². The largest absolute Gasteiger partial charge is 1.00 e. The summed E-state index contributed by atoms with van der Waals surface area (Å²) in [7, 11) is -10.7. The van der Waals surface area contributed by atoms with Gasteiger partial charge in [0.1, 0.15) is 48.7 Å². The standard InChI is InChI=1S/C28H18Cl3N5O8S2.2Na/c29-15-6-8-18(31)19(12-15)33-35-26-22(45(38,39)40)10-14-11-23(46(41,42)43)27(28(37)24(14)25(26)32)36-34-20-13-16(30)7-9-21(20)44-17-4-2-1-3-5-17;;/h1-13,37H,32H2,(H,38,39,40)(H,41,42,43);;/q;2*+1/p-2. The van der Waals surface area contributed by atoms with E-state index in [-0.39, 0.29) is 91.3 Å². The molecule has 0 heterocycles. The fourth-order valence-corrected chi connectivity index (χ4v) is 5.93. The first-order valence-corrected chi connectivity index (χ1v) is 16.4. The number of hydrogen-bond donors (Lipinski definition) is 2. The second-order valence-corrected chi connectivity index (χ2v) is 13.2. The number of anilines is 1. The molecule has 0 unspecified atom stereocenters. The van der Waals surface area contributed by atoms with E-state index < -0.39 is 63.6 Å². The molecule has 0 atom stereocenters. The molecular formula is C28H16Cl3N5Na2O8S2. The zero-order chi connectivity index (χ0) is 33.4. The monoisotopic (exact) mass is 765 g/mol. The zero-order valence-electron chi connectivity index (χ0n) is 24.6. The second kappa shape index (κ2) is 16.1. The van der Waals surface area contributed by atoms with Gasteiger partial charge in [0.2, 0.25) is 0 Å². The Morgan fingerprint density at radius 1 is 0.688 bits per heavy atom. The van der Waals surface area contributed by atoms with Gasteiger partial charge < -0.3 is 24.7 Å². The normalized spacial score (nSPS) is 11.9. The first-order valence-electron chi connectivity index (χ1n) is 12.5. The maximum Gasteiger partial charge on any atom is 1.00 e. The first-order chi connectivity index (χ1) is 21.6. The summed E-state index contributed by atoms with van der Waals surface area (Å²) in [5, 5.41) is 26.3. The predicted octanol–water partition coefficient (Wildman–Crippen LogP) is 2.53. The van der Waals surface area contributed by atoms with Gasteiger partial charge in [0.15, 0.2) is 11.5 Å². The Labute approximate surface area is 332 Å². The van der Waals surface area contributed by atoms with Gasteiger partial charge in [0.05, 0.1) is 25.9 Å². The van der Waals surface area contributed by atoms with Gasteiger partial charge in [-0.15, -0.1) is 20.5 Å². The van der Waals surface area contributed by atoms with Crippen molar-refractivity contribution >= 4 is 94.2 Å². The molecule has 0 aliphatic heterocycles. The Kier molecular flexibility index (Phi) is 13.5. The van der Waals surface area contributed by atoms with Crippen molar-refractivity contribution in [3.05, 3.63) is 93.9 Å². The van der Waals surface area contributed by atoms with Gasteiger partial charge in [-0.05, 0) is 66.0 Å². The number of fused-ring (bicyclic) bond motifs is 1. The summed E-state index contributed by atoms with van der Waals surface area (Å²) in [6.45, 7) is 0. The van der Waals surface area contributed by atoms with Crippen molar-refractivity contribution in [2.24, 2.45) is 20.5 Å². The molecule has 0 saturated carbocycles. The van der Waals surface area contributed by atoms with Crippen LogP contribution in [0.1, 0.15) is 0 Å². The van der Waals surface area contributed by atoms with E-state index in [0.717, 1.165) is 0 Å². The Bertz CT molecular complexity index is 2320. The van der Waals surface area contributed by atoms with E-state index in [4.69, 9.17) is 45.3 Å². The number of para-hydroxylation sites is 1. The fourth-order valence-electron chi connectivity index (χ4n) is 4.13. The van der Waals surface area contributed by atoms with Crippen LogP contribution in [0.25, 0.3) is 10.8 Å². The second-order valence-electron chi connectivity index (χ2n) is 9.24. The number of nitrogens with zero attached hydrogens (tertiary/aromatic N) is 4. The van der Waals surface area contributed by atoms with Crippen molar-refractivity contribution in [2.45, 2.75) is 9.79 Å². The van der Waals surface area contributed by atoms with E-state index in [1.165, 1.54) is 36.4 Å². The molecule has 5 rings (SSSR count). The molecule has 236 valence electrons. The van der Waals surface area contributed by atoms with E-state index in [1.807, 2.05) is 0 Å². The molecule has 0 fully saturated rings. The number of halogens is 3. The van der Waals surface area contributed by atoms with Gasteiger partial charge in [-0.2, -0.15) is 0 Å². The molecule has 0 bridgehead atoms. The zero-order valence-corrected chi connectivity index (χ0v) is 32.5. The van der Waals surface area contributed by atoms with Crippen molar-refractivity contribution < 1.29 is 94.9 Å². The van der Waals surface area contributed by atoms with Gasteiger partial charge >= 0.3 is 59.1 Å². The van der Waals surface area contributed by atoms with Crippen molar-refractivity contribution in [3.8, 4) is 17.2 Å². The van der Waals surface area contributed by atoms with E-state index in [2.05, 4.69) is 20.5 Å². The van der Waals surface area contributed by atoms with Crippen LogP contribution in [0.5, 0.6) is 17.2 Å². The number of phenols is 1. The van der Waals surface area contributed by atoms with Crippen LogP contribution in [0.4, 0.5) is 28.4 Å². The number of benzene rings is 5. The van der Waals surface area contributed by atoms with Crippen LogP contribution in [-0.2, 0) is 20.2 Å². The van der Waals surface area contributed by atoms with Gasteiger partial charge in [0, 0.05) is 10.0 Å². The molecule has 3 N–H and O–H groups in total. The molecule has 48 heavy (non-hydrogen) atoms. The predicted molar refractivity (Wildman–Crippen MR) is 169 cm³/mol. The number of hydrogen-bond acceptors (Lipinski definition) is 13. The van der Waals surface area contributed by atoms with Crippen LogP contribution in [0.3, 0.4) is 0 Å². The molecule has 20 heteroatoms. The van der Waals surface area contributed by atoms with Crippen LogP contribution in [0.15, 0.2) is 109 Å². The summed E-state index contributed by atoms with van der Waals surface area (Å²) in [4.78, 5) is -2.15. The molecule has 0 amide bonds. The molecule has 13 nitrogen and oxygen atoms in total. The average molecular weight is 767 g/mol. The van der Waals surface area contributed by atoms with E-state index in [9.17, 15) is 31.0 Å². The van der Waals surface area contributed by atoms with E-state index in [1.54, 1.807) is 30.3 Å². The molecule has 0 radical (unpaired) electrons. The molecule has 0 spiro atoms. The molecule has 0 aromatic heterocycles. The number of ether oxygens (including phenoxy) is 1. The summed E-state index contributed by atoms with van der Waals surface area (Å²) in [6, 6.07) is 18.3.